The highest BCUT2D eigenvalue weighted by molar-refractivity contribution is 9.10. The third-order valence-corrected chi connectivity index (χ3v) is 4.03. The molecule has 108 valence electrons. The Bertz CT molecular complexity index is 640. The molecular formula is C14H20BrN5. The Morgan fingerprint density at radius 3 is 2.35 bits per heavy atom. The SMILES string of the molecule is CNc1nc(-c2cnn(C)c2C)nc(C(C)(C)C)c1Br. The quantitative estimate of drug-likeness (QED) is 0.913. The van der Waals surface area contributed by atoms with Gasteiger partial charge in [0.2, 0.25) is 0 Å². The number of halogens is 1. The van der Waals surface area contributed by atoms with Crippen molar-refractivity contribution in [2.75, 3.05) is 12.4 Å². The Balaban J connectivity index is 2.69. The number of nitrogens with one attached hydrogen (secondary N) is 1. The van der Waals surface area contributed by atoms with Crippen molar-refractivity contribution < 1.29 is 0 Å². The standard InChI is InChI=1S/C14H20BrN5/c1-8-9(7-17-20(8)6)12-18-11(14(2,3)4)10(15)13(16-5)19-12/h7H,1-6H3,(H,16,18,19). The van der Waals surface area contributed by atoms with Crippen LogP contribution in [0.25, 0.3) is 11.4 Å². The first-order valence-corrected chi connectivity index (χ1v) is 7.29. The van der Waals surface area contributed by atoms with E-state index in [1.807, 2.05) is 31.9 Å². The molecule has 6 heteroatoms. The minimum Gasteiger partial charge on any atom is -0.372 e. The lowest BCUT2D eigenvalue weighted by Crippen LogP contribution is -2.17. The van der Waals surface area contributed by atoms with Crippen LogP contribution in [0.15, 0.2) is 10.7 Å². The second-order valence-corrected chi connectivity index (χ2v) is 6.62. The van der Waals surface area contributed by atoms with Crippen LogP contribution in [-0.2, 0) is 12.5 Å². The number of aryl methyl sites for hydroxylation is 1. The van der Waals surface area contributed by atoms with Crippen LogP contribution < -0.4 is 5.32 Å². The third kappa shape index (κ3) is 2.57. The van der Waals surface area contributed by atoms with Gasteiger partial charge in [-0.05, 0) is 22.9 Å². The molecule has 0 bridgehead atoms. The van der Waals surface area contributed by atoms with Crippen molar-refractivity contribution in [3.05, 3.63) is 22.1 Å². The number of hydrogen-bond acceptors (Lipinski definition) is 4. The zero-order valence-corrected chi connectivity index (χ0v) is 14.3. The van der Waals surface area contributed by atoms with Gasteiger partial charge in [0, 0.05) is 25.2 Å². The summed E-state index contributed by atoms with van der Waals surface area (Å²) in [5.74, 6) is 1.50. The molecule has 5 nitrogen and oxygen atoms in total. The van der Waals surface area contributed by atoms with Crippen molar-refractivity contribution in [1.82, 2.24) is 19.7 Å². The number of aromatic nitrogens is 4. The van der Waals surface area contributed by atoms with E-state index in [2.05, 4.69) is 52.1 Å². The maximum atomic E-state index is 4.75. The summed E-state index contributed by atoms with van der Waals surface area (Å²) in [7, 11) is 3.78. The normalized spacial score (nSPS) is 11.8. The number of nitrogens with zero attached hydrogens (tertiary/aromatic N) is 4. The molecule has 2 rings (SSSR count). The molecule has 2 aromatic heterocycles. The van der Waals surface area contributed by atoms with Crippen LogP contribution >= 0.6 is 15.9 Å². The molecule has 0 aliphatic carbocycles. The van der Waals surface area contributed by atoms with E-state index in [1.54, 1.807) is 0 Å². The summed E-state index contributed by atoms with van der Waals surface area (Å²) in [6.07, 6.45) is 1.81. The van der Waals surface area contributed by atoms with Crippen molar-refractivity contribution >= 4 is 21.7 Å². The molecule has 1 N–H and O–H groups in total. The summed E-state index contributed by atoms with van der Waals surface area (Å²) in [5, 5.41) is 7.39. The van der Waals surface area contributed by atoms with Gasteiger partial charge in [-0.2, -0.15) is 5.10 Å². The lowest BCUT2D eigenvalue weighted by atomic mass is 9.91. The smallest absolute Gasteiger partial charge is 0.165 e. The van der Waals surface area contributed by atoms with Gasteiger partial charge in [0.25, 0.3) is 0 Å². The zero-order valence-electron chi connectivity index (χ0n) is 12.7. The first kappa shape index (κ1) is 15.0. The molecule has 0 aliphatic rings. The fourth-order valence-electron chi connectivity index (χ4n) is 1.95. The molecule has 0 saturated heterocycles. The predicted molar refractivity (Wildman–Crippen MR) is 84.9 cm³/mol. The molecule has 0 fully saturated rings. The van der Waals surface area contributed by atoms with Gasteiger partial charge in [0.15, 0.2) is 5.82 Å². The lowest BCUT2D eigenvalue weighted by Gasteiger charge is -2.21. The summed E-state index contributed by atoms with van der Waals surface area (Å²) in [5.41, 5.74) is 2.92. The second-order valence-electron chi connectivity index (χ2n) is 5.83. The van der Waals surface area contributed by atoms with Crippen LogP contribution in [0.5, 0.6) is 0 Å². The van der Waals surface area contributed by atoms with Crippen molar-refractivity contribution in [3.8, 4) is 11.4 Å². The van der Waals surface area contributed by atoms with E-state index in [1.165, 1.54) is 0 Å². The van der Waals surface area contributed by atoms with Crippen LogP contribution in [0.2, 0.25) is 0 Å². The van der Waals surface area contributed by atoms with Gasteiger partial charge in [-0.25, -0.2) is 9.97 Å². The molecular weight excluding hydrogens is 318 g/mol. The van der Waals surface area contributed by atoms with Gasteiger partial charge >= 0.3 is 0 Å². The first-order chi connectivity index (χ1) is 9.25. The van der Waals surface area contributed by atoms with Crippen molar-refractivity contribution in [2.24, 2.45) is 7.05 Å². The van der Waals surface area contributed by atoms with Gasteiger partial charge < -0.3 is 5.32 Å². The maximum Gasteiger partial charge on any atom is 0.165 e. The summed E-state index contributed by atoms with van der Waals surface area (Å²) in [4.78, 5) is 9.33. The maximum absolute atomic E-state index is 4.75. The molecule has 0 aliphatic heterocycles. The second kappa shape index (κ2) is 5.16. The third-order valence-electron chi connectivity index (χ3n) is 3.27. The molecule has 0 atom stereocenters. The van der Waals surface area contributed by atoms with Crippen molar-refractivity contribution in [2.45, 2.75) is 33.1 Å². The first-order valence-electron chi connectivity index (χ1n) is 6.50. The van der Waals surface area contributed by atoms with E-state index in [0.29, 0.717) is 5.82 Å². The van der Waals surface area contributed by atoms with Gasteiger partial charge in [-0.1, -0.05) is 20.8 Å². The number of hydrogen-bond donors (Lipinski definition) is 1. The fourth-order valence-corrected chi connectivity index (χ4v) is 2.92. The summed E-state index contributed by atoms with van der Waals surface area (Å²) >= 11 is 3.60. The highest BCUT2D eigenvalue weighted by atomic mass is 79.9. The summed E-state index contributed by atoms with van der Waals surface area (Å²) < 4.78 is 2.74. The van der Waals surface area contributed by atoms with E-state index in [-0.39, 0.29) is 5.41 Å². The minimum absolute atomic E-state index is 0.0712. The number of anilines is 1. The molecule has 2 heterocycles. The van der Waals surface area contributed by atoms with Crippen LogP contribution in [-0.4, -0.2) is 26.8 Å². The average Bonchev–Trinajstić information content (AvgIpc) is 2.69. The lowest BCUT2D eigenvalue weighted by molar-refractivity contribution is 0.564. The Hall–Kier alpha value is -1.43. The minimum atomic E-state index is -0.0712. The molecule has 0 unspecified atom stereocenters. The largest absolute Gasteiger partial charge is 0.372 e. The van der Waals surface area contributed by atoms with Gasteiger partial charge in [0.1, 0.15) is 5.82 Å². The molecule has 20 heavy (non-hydrogen) atoms. The summed E-state index contributed by atoms with van der Waals surface area (Å²) in [6, 6.07) is 0. The van der Waals surface area contributed by atoms with Crippen LogP contribution in [0.1, 0.15) is 32.2 Å². The van der Waals surface area contributed by atoms with Gasteiger partial charge in [0.05, 0.1) is 21.9 Å². The van der Waals surface area contributed by atoms with Gasteiger partial charge in [-0.15, -0.1) is 0 Å². The van der Waals surface area contributed by atoms with Crippen molar-refractivity contribution in [1.29, 1.82) is 0 Å². The van der Waals surface area contributed by atoms with Crippen LogP contribution in [0.4, 0.5) is 5.82 Å². The molecule has 0 spiro atoms. The highest BCUT2D eigenvalue weighted by Crippen LogP contribution is 2.34. The summed E-state index contributed by atoms with van der Waals surface area (Å²) in [6.45, 7) is 8.43. The van der Waals surface area contributed by atoms with Crippen LogP contribution in [0.3, 0.4) is 0 Å². The topological polar surface area (TPSA) is 55.6 Å². The Morgan fingerprint density at radius 1 is 1.25 bits per heavy atom. The van der Waals surface area contributed by atoms with Gasteiger partial charge in [-0.3, -0.25) is 4.68 Å². The predicted octanol–water partition coefficient (Wildman–Crippen LogP) is 3.29. The van der Waals surface area contributed by atoms with E-state index < -0.39 is 0 Å². The van der Waals surface area contributed by atoms with Crippen molar-refractivity contribution in [3.63, 3.8) is 0 Å². The molecule has 0 aromatic carbocycles. The fraction of sp³-hybridized carbons (Fsp3) is 0.500. The zero-order chi connectivity index (χ0) is 15.1. The highest BCUT2D eigenvalue weighted by Gasteiger charge is 2.24. The molecule has 2 aromatic rings. The molecule has 0 amide bonds. The average molecular weight is 338 g/mol. The van der Waals surface area contributed by atoms with E-state index in [9.17, 15) is 0 Å². The monoisotopic (exact) mass is 337 g/mol. The Kier molecular flexibility index (Phi) is 3.86. The Morgan fingerprint density at radius 2 is 1.90 bits per heavy atom. The Labute approximate surface area is 128 Å². The number of rotatable bonds is 2. The van der Waals surface area contributed by atoms with Crippen LogP contribution in [0, 0.1) is 6.92 Å². The van der Waals surface area contributed by atoms with E-state index >= 15 is 0 Å². The van der Waals surface area contributed by atoms with E-state index in [4.69, 9.17) is 4.98 Å². The molecule has 0 saturated carbocycles. The van der Waals surface area contributed by atoms with E-state index in [0.717, 1.165) is 27.2 Å². The molecule has 0 radical (unpaired) electrons.